The maximum atomic E-state index is 12.9. The number of benzene rings is 2. The summed E-state index contributed by atoms with van der Waals surface area (Å²) in [5.74, 6) is 1.43. The van der Waals surface area contributed by atoms with E-state index in [-0.39, 0.29) is 18.3 Å². The van der Waals surface area contributed by atoms with Gasteiger partial charge in [-0.15, -0.1) is 11.3 Å². The lowest BCUT2D eigenvalue weighted by Crippen LogP contribution is -2.25. The molecular formula is C23H23FN2O4S2. The summed E-state index contributed by atoms with van der Waals surface area (Å²) in [6, 6.07) is 14.3. The molecule has 6 nitrogen and oxygen atoms in total. The predicted molar refractivity (Wildman–Crippen MR) is 126 cm³/mol. The normalized spacial score (nSPS) is 10.4. The zero-order valence-electron chi connectivity index (χ0n) is 17.4. The summed E-state index contributed by atoms with van der Waals surface area (Å²) in [4.78, 5) is 25.8. The fourth-order valence-electron chi connectivity index (χ4n) is 2.71. The van der Waals surface area contributed by atoms with Crippen LogP contribution in [0.1, 0.15) is 15.2 Å². The quantitative estimate of drug-likeness (QED) is 0.398. The lowest BCUT2D eigenvalue weighted by molar-refractivity contribution is -0.118. The van der Waals surface area contributed by atoms with E-state index >= 15 is 0 Å². The summed E-state index contributed by atoms with van der Waals surface area (Å²) in [5.41, 5.74) is 0.903. The van der Waals surface area contributed by atoms with E-state index in [1.54, 1.807) is 41.3 Å². The van der Waals surface area contributed by atoms with E-state index < -0.39 is 5.91 Å². The molecular weight excluding hydrogens is 451 g/mol. The van der Waals surface area contributed by atoms with Crippen LogP contribution in [0.3, 0.4) is 0 Å². The van der Waals surface area contributed by atoms with Gasteiger partial charge in [-0.2, -0.15) is 11.8 Å². The molecule has 1 aromatic heterocycles. The van der Waals surface area contributed by atoms with E-state index in [1.165, 1.54) is 36.3 Å². The Bertz CT molecular complexity index is 1030. The third kappa shape index (κ3) is 7.28. The number of anilines is 1. The highest BCUT2D eigenvalue weighted by Gasteiger charge is 2.12. The van der Waals surface area contributed by atoms with Gasteiger partial charge in [0.1, 0.15) is 5.82 Å². The minimum Gasteiger partial charge on any atom is -0.493 e. The van der Waals surface area contributed by atoms with Gasteiger partial charge in [0.15, 0.2) is 18.1 Å². The van der Waals surface area contributed by atoms with Gasteiger partial charge in [0.25, 0.3) is 11.8 Å². The summed E-state index contributed by atoms with van der Waals surface area (Å²) in [6.45, 7) is 0.291. The highest BCUT2D eigenvalue weighted by atomic mass is 32.2. The van der Waals surface area contributed by atoms with Crippen molar-refractivity contribution in [2.45, 2.75) is 5.75 Å². The van der Waals surface area contributed by atoms with Crippen LogP contribution in [0.25, 0.3) is 0 Å². The smallest absolute Gasteiger partial charge is 0.262 e. The summed E-state index contributed by atoms with van der Waals surface area (Å²) >= 11 is 3.49. The van der Waals surface area contributed by atoms with Gasteiger partial charge in [0.05, 0.1) is 7.11 Å². The van der Waals surface area contributed by atoms with Crippen LogP contribution in [-0.2, 0) is 10.5 Å². The van der Waals surface area contributed by atoms with Crippen molar-refractivity contribution in [1.82, 2.24) is 5.32 Å². The number of thioether (sulfide) groups is 1. The standard InChI is InChI=1S/C23H23FN2O4S2/c1-29-21-13-16(23(28)25-10-12-31-15-19-3-2-11-32-19)4-9-20(21)30-14-22(27)26-18-7-5-17(24)6-8-18/h2-9,11,13H,10,12,14-15H2,1H3,(H,25,28)(H,26,27). The van der Waals surface area contributed by atoms with Gasteiger partial charge in [-0.1, -0.05) is 6.07 Å². The molecule has 9 heteroatoms. The van der Waals surface area contributed by atoms with E-state index in [4.69, 9.17) is 9.47 Å². The molecule has 0 spiro atoms. The molecule has 0 saturated heterocycles. The largest absolute Gasteiger partial charge is 0.493 e. The van der Waals surface area contributed by atoms with Gasteiger partial charge in [-0.3, -0.25) is 9.59 Å². The van der Waals surface area contributed by atoms with Gasteiger partial charge < -0.3 is 20.1 Å². The highest BCUT2D eigenvalue weighted by Crippen LogP contribution is 2.28. The molecule has 0 atom stereocenters. The molecule has 0 aliphatic heterocycles. The highest BCUT2D eigenvalue weighted by molar-refractivity contribution is 7.98. The van der Waals surface area contributed by atoms with Gasteiger partial charge in [0, 0.05) is 34.2 Å². The molecule has 2 N–H and O–H groups in total. The molecule has 2 aromatic carbocycles. The van der Waals surface area contributed by atoms with E-state index in [9.17, 15) is 14.0 Å². The molecule has 0 aliphatic rings. The van der Waals surface area contributed by atoms with Crippen LogP contribution >= 0.6 is 23.1 Å². The SMILES string of the molecule is COc1cc(C(=O)NCCSCc2cccs2)ccc1OCC(=O)Nc1ccc(F)cc1. The Morgan fingerprint density at radius 2 is 1.91 bits per heavy atom. The van der Waals surface area contributed by atoms with Gasteiger partial charge in [-0.05, 0) is 53.9 Å². The zero-order chi connectivity index (χ0) is 22.8. The molecule has 0 aliphatic carbocycles. The summed E-state index contributed by atoms with van der Waals surface area (Å²) in [7, 11) is 1.46. The first-order valence-electron chi connectivity index (χ1n) is 9.79. The second-order valence-electron chi connectivity index (χ2n) is 6.60. The Balaban J connectivity index is 1.45. The van der Waals surface area contributed by atoms with E-state index in [1.807, 2.05) is 6.07 Å². The fraction of sp³-hybridized carbons (Fsp3) is 0.217. The van der Waals surface area contributed by atoms with Crippen molar-refractivity contribution in [3.05, 3.63) is 76.2 Å². The number of ether oxygens (including phenoxy) is 2. The van der Waals surface area contributed by atoms with Crippen molar-refractivity contribution in [3.8, 4) is 11.5 Å². The first-order valence-corrected chi connectivity index (χ1v) is 11.8. The molecule has 0 fully saturated rings. The number of hydrogen-bond donors (Lipinski definition) is 2. The number of halogens is 1. The van der Waals surface area contributed by atoms with Crippen molar-refractivity contribution >= 4 is 40.6 Å². The van der Waals surface area contributed by atoms with Gasteiger partial charge in [-0.25, -0.2) is 4.39 Å². The molecule has 0 unspecified atom stereocenters. The van der Waals surface area contributed by atoms with Gasteiger partial charge in [0.2, 0.25) is 0 Å². The summed E-state index contributed by atoms with van der Waals surface area (Å²) in [6.07, 6.45) is 0. The molecule has 0 bridgehead atoms. The molecule has 3 rings (SSSR count). The first kappa shape index (κ1) is 23.6. The average Bonchev–Trinajstić information content (AvgIpc) is 3.32. The number of hydrogen-bond acceptors (Lipinski definition) is 6. The zero-order valence-corrected chi connectivity index (χ0v) is 19.1. The van der Waals surface area contributed by atoms with Crippen LogP contribution < -0.4 is 20.1 Å². The maximum absolute atomic E-state index is 12.9. The Labute approximate surface area is 194 Å². The number of thiophene rings is 1. The monoisotopic (exact) mass is 474 g/mol. The van der Waals surface area contributed by atoms with Crippen molar-refractivity contribution in [3.63, 3.8) is 0 Å². The Morgan fingerprint density at radius 1 is 1.09 bits per heavy atom. The van der Waals surface area contributed by atoms with Crippen molar-refractivity contribution in [2.24, 2.45) is 0 Å². The number of methoxy groups -OCH3 is 1. The lowest BCUT2D eigenvalue weighted by atomic mass is 10.2. The predicted octanol–water partition coefficient (Wildman–Crippen LogP) is 4.58. The Morgan fingerprint density at radius 3 is 2.62 bits per heavy atom. The lowest BCUT2D eigenvalue weighted by Gasteiger charge is -2.12. The van der Waals surface area contributed by atoms with Crippen LogP contribution in [0.15, 0.2) is 60.0 Å². The third-order valence-electron chi connectivity index (χ3n) is 4.27. The third-order valence-corrected chi connectivity index (χ3v) is 6.34. The summed E-state index contributed by atoms with van der Waals surface area (Å²) in [5, 5.41) is 7.55. The second-order valence-corrected chi connectivity index (χ2v) is 8.73. The number of rotatable bonds is 11. The first-order chi connectivity index (χ1) is 15.5. The second kappa shape index (κ2) is 12.1. The number of carbonyl (C=O) groups is 2. The molecule has 2 amide bonds. The van der Waals surface area contributed by atoms with Gasteiger partial charge >= 0.3 is 0 Å². The van der Waals surface area contributed by atoms with Crippen LogP contribution in [0, 0.1) is 5.82 Å². The van der Waals surface area contributed by atoms with E-state index in [2.05, 4.69) is 22.1 Å². The van der Waals surface area contributed by atoms with E-state index in [0.29, 0.717) is 29.3 Å². The number of nitrogens with one attached hydrogen (secondary N) is 2. The summed E-state index contributed by atoms with van der Waals surface area (Å²) < 4.78 is 23.8. The van der Waals surface area contributed by atoms with Crippen LogP contribution in [0.4, 0.5) is 10.1 Å². The number of amides is 2. The van der Waals surface area contributed by atoms with Crippen molar-refractivity contribution in [2.75, 3.05) is 31.3 Å². The van der Waals surface area contributed by atoms with Crippen LogP contribution in [-0.4, -0.2) is 37.8 Å². The molecule has 32 heavy (non-hydrogen) atoms. The van der Waals surface area contributed by atoms with Crippen LogP contribution in [0.2, 0.25) is 0 Å². The molecule has 3 aromatic rings. The molecule has 168 valence electrons. The van der Waals surface area contributed by atoms with Crippen molar-refractivity contribution < 1.29 is 23.5 Å². The van der Waals surface area contributed by atoms with E-state index in [0.717, 1.165) is 11.5 Å². The maximum Gasteiger partial charge on any atom is 0.262 e. The number of carbonyl (C=O) groups excluding carboxylic acids is 2. The Hall–Kier alpha value is -3.04. The minimum atomic E-state index is -0.402. The van der Waals surface area contributed by atoms with Crippen LogP contribution in [0.5, 0.6) is 11.5 Å². The minimum absolute atomic E-state index is 0.208. The fourth-order valence-corrected chi connectivity index (χ4v) is 4.41. The molecule has 0 radical (unpaired) electrons. The average molecular weight is 475 g/mol. The Kier molecular flexibility index (Phi) is 8.94. The topological polar surface area (TPSA) is 76.7 Å². The van der Waals surface area contributed by atoms with Crippen molar-refractivity contribution in [1.29, 1.82) is 0 Å². The molecule has 0 saturated carbocycles. The molecule has 1 heterocycles.